The molecule has 0 aromatic carbocycles. The van der Waals surface area contributed by atoms with Crippen LogP contribution in [0.3, 0.4) is 0 Å². The summed E-state index contributed by atoms with van der Waals surface area (Å²) in [7, 11) is 0. The predicted octanol–water partition coefficient (Wildman–Crippen LogP) is 1.24. The first kappa shape index (κ1) is 11.6. The van der Waals surface area contributed by atoms with E-state index >= 15 is 0 Å². The van der Waals surface area contributed by atoms with Crippen molar-refractivity contribution in [2.24, 2.45) is 0 Å². The Bertz CT molecular complexity index is 341. The van der Waals surface area contributed by atoms with Crippen molar-refractivity contribution in [1.82, 2.24) is 15.4 Å². The van der Waals surface area contributed by atoms with Crippen LogP contribution in [-0.4, -0.2) is 21.5 Å². The summed E-state index contributed by atoms with van der Waals surface area (Å²) in [6.07, 6.45) is 2.95. The van der Waals surface area contributed by atoms with Crippen LogP contribution >= 0.6 is 0 Å². The fraction of sp³-hybridized carbons (Fsp3) is 0.500. The molecule has 0 aliphatic carbocycles. The highest BCUT2D eigenvalue weighted by atomic mass is 16.7. The number of carbonyl (C=O) groups is 1. The Morgan fingerprint density at radius 3 is 2.47 bits per heavy atom. The Kier molecular flexibility index (Phi) is 3.36. The van der Waals surface area contributed by atoms with Gasteiger partial charge in [-0.3, -0.25) is 14.6 Å². The van der Waals surface area contributed by atoms with Gasteiger partial charge in [-0.1, -0.05) is 0 Å². The fourth-order valence-corrected chi connectivity index (χ4v) is 0.762. The molecule has 0 atom stereocenters. The molecule has 0 unspecified atom stereocenters. The lowest BCUT2D eigenvalue weighted by molar-refractivity contribution is -0.0591. The first-order valence-corrected chi connectivity index (χ1v) is 4.65. The molecule has 0 saturated carbocycles. The molecule has 1 N–H and O–H groups in total. The third-order valence-corrected chi connectivity index (χ3v) is 1.46. The van der Waals surface area contributed by atoms with E-state index in [0.717, 1.165) is 5.69 Å². The first-order valence-electron chi connectivity index (χ1n) is 4.65. The predicted molar refractivity (Wildman–Crippen MR) is 55.1 cm³/mol. The third kappa shape index (κ3) is 4.03. The maximum Gasteiger partial charge on any atom is 0.295 e. The highest BCUT2D eigenvalue weighted by Gasteiger charge is 2.14. The third-order valence-electron chi connectivity index (χ3n) is 1.46. The largest absolute Gasteiger partial charge is 0.295 e. The van der Waals surface area contributed by atoms with Crippen molar-refractivity contribution in [3.05, 3.63) is 23.8 Å². The smallest absolute Gasteiger partial charge is 0.268 e. The van der Waals surface area contributed by atoms with Crippen molar-refractivity contribution in [3.63, 3.8) is 0 Å². The molecule has 0 aliphatic rings. The number of aromatic nitrogens is 2. The molecule has 0 aliphatic heterocycles. The van der Waals surface area contributed by atoms with E-state index in [1.807, 2.05) is 20.8 Å². The molecule has 0 fully saturated rings. The summed E-state index contributed by atoms with van der Waals surface area (Å²) in [5, 5.41) is 0. The SMILES string of the molecule is Cc1cnc(C(=O)NOC(C)(C)C)cn1. The topological polar surface area (TPSA) is 64.1 Å². The standard InChI is InChI=1S/C10H15N3O2/c1-7-5-12-8(6-11-7)9(14)13-15-10(2,3)4/h5-6H,1-4H3,(H,13,14). The van der Waals surface area contributed by atoms with Gasteiger partial charge in [-0.2, -0.15) is 0 Å². The minimum Gasteiger partial charge on any atom is -0.268 e. The number of nitrogens with zero attached hydrogens (tertiary/aromatic N) is 2. The Hall–Kier alpha value is -1.49. The van der Waals surface area contributed by atoms with Crippen molar-refractivity contribution < 1.29 is 9.63 Å². The van der Waals surface area contributed by atoms with Crippen LogP contribution in [0.4, 0.5) is 0 Å². The summed E-state index contributed by atoms with van der Waals surface area (Å²) in [6, 6.07) is 0. The van der Waals surface area contributed by atoms with Crippen LogP contribution in [-0.2, 0) is 4.84 Å². The van der Waals surface area contributed by atoms with Gasteiger partial charge in [0.05, 0.1) is 17.5 Å². The van der Waals surface area contributed by atoms with Crippen LogP contribution in [0, 0.1) is 6.92 Å². The number of rotatable bonds is 2. The van der Waals surface area contributed by atoms with Gasteiger partial charge in [0.1, 0.15) is 5.69 Å². The maximum absolute atomic E-state index is 11.5. The number of amides is 1. The lowest BCUT2D eigenvalue weighted by atomic mass is 10.2. The molecule has 0 radical (unpaired) electrons. The van der Waals surface area contributed by atoms with Gasteiger partial charge < -0.3 is 0 Å². The van der Waals surface area contributed by atoms with E-state index in [1.165, 1.54) is 12.4 Å². The molecule has 15 heavy (non-hydrogen) atoms. The minimum absolute atomic E-state index is 0.241. The van der Waals surface area contributed by atoms with E-state index in [9.17, 15) is 4.79 Å². The summed E-state index contributed by atoms with van der Waals surface area (Å²) in [5.41, 5.74) is 2.90. The normalized spacial score (nSPS) is 11.2. The van der Waals surface area contributed by atoms with Crippen molar-refractivity contribution in [3.8, 4) is 0 Å². The van der Waals surface area contributed by atoms with Crippen LogP contribution in [0.2, 0.25) is 0 Å². The highest BCUT2D eigenvalue weighted by molar-refractivity contribution is 5.91. The Labute approximate surface area is 88.8 Å². The number of hydrogen-bond acceptors (Lipinski definition) is 4. The molecule has 1 heterocycles. The summed E-state index contributed by atoms with van der Waals surface area (Å²) in [4.78, 5) is 24.5. The quantitative estimate of drug-likeness (QED) is 0.744. The first-order chi connectivity index (χ1) is 6.88. The number of hydroxylamine groups is 1. The van der Waals surface area contributed by atoms with E-state index in [-0.39, 0.29) is 5.69 Å². The van der Waals surface area contributed by atoms with Gasteiger partial charge in [-0.15, -0.1) is 0 Å². The minimum atomic E-state index is -0.423. The molecule has 1 amide bonds. The molecule has 0 saturated heterocycles. The molecular weight excluding hydrogens is 194 g/mol. The van der Waals surface area contributed by atoms with Crippen LogP contribution < -0.4 is 5.48 Å². The molecule has 0 spiro atoms. The molecule has 82 valence electrons. The molecule has 5 nitrogen and oxygen atoms in total. The van der Waals surface area contributed by atoms with Gasteiger partial charge in [0.2, 0.25) is 0 Å². The zero-order valence-electron chi connectivity index (χ0n) is 9.37. The van der Waals surface area contributed by atoms with E-state index in [2.05, 4.69) is 15.4 Å². The van der Waals surface area contributed by atoms with E-state index < -0.39 is 11.5 Å². The van der Waals surface area contributed by atoms with E-state index in [1.54, 1.807) is 6.92 Å². The Morgan fingerprint density at radius 2 is 2.00 bits per heavy atom. The van der Waals surface area contributed by atoms with Gasteiger partial charge in [0.15, 0.2) is 0 Å². The van der Waals surface area contributed by atoms with Gasteiger partial charge in [0.25, 0.3) is 5.91 Å². The zero-order valence-corrected chi connectivity index (χ0v) is 9.37. The number of nitrogens with one attached hydrogen (secondary N) is 1. The maximum atomic E-state index is 11.5. The monoisotopic (exact) mass is 209 g/mol. The number of carbonyl (C=O) groups excluding carboxylic acids is 1. The van der Waals surface area contributed by atoms with E-state index in [4.69, 9.17) is 4.84 Å². The fourth-order valence-electron chi connectivity index (χ4n) is 0.762. The number of hydrogen-bond donors (Lipinski definition) is 1. The van der Waals surface area contributed by atoms with Crippen molar-refractivity contribution in [2.75, 3.05) is 0 Å². The Balaban J connectivity index is 2.58. The average molecular weight is 209 g/mol. The average Bonchev–Trinajstić information content (AvgIpc) is 2.14. The summed E-state index contributed by atoms with van der Waals surface area (Å²) in [5.74, 6) is -0.391. The van der Waals surface area contributed by atoms with Gasteiger partial charge in [-0.25, -0.2) is 10.5 Å². The van der Waals surface area contributed by atoms with Gasteiger partial charge >= 0.3 is 0 Å². The molecular formula is C10H15N3O2. The molecule has 5 heteroatoms. The summed E-state index contributed by atoms with van der Waals surface area (Å²) in [6.45, 7) is 7.33. The van der Waals surface area contributed by atoms with Crippen molar-refractivity contribution >= 4 is 5.91 Å². The lowest BCUT2D eigenvalue weighted by Crippen LogP contribution is -2.34. The van der Waals surface area contributed by atoms with E-state index in [0.29, 0.717) is 0 Å². The Morgan fingerprint density at radius 1 is 1.33 bits per heavy atom. The molecule has 1 rings (SSSR count). The second kappa shape index (κ2) is 4.35. The molecule has 1 aromatic heterocycles. The van der Waals surface area contributed by atoms with Crippen LogP contribution in [0.1, 0.15) is 37.0 Å². The molecule has 1 aromatic rings. The second-order valence-electron chi connectivity index (χ2n) is 4.19. The van der Waals surface area contributed by atoms with Gasteiger partial charge in [-0.05, 0) is 27.7 Å². The highest BCUT2D eigenvalue weighted by Crippen LogP contribution is 2.04. The van der Waals surface area contributed by atoms with Gasteiger partial charge in [0, 0.05) is 6.20 Å². The zero-order chi connectivity index (χ0) is 11.5. The van der Waals surface area contributed by atoms with Crippen LogP contribution in [0.25, 0.3) is 0 Å². The number of aryl methyl sites for hydroxylation is 1. The van der Waals surface area contributed by atoms with Crippen molar-refractivity contribution in [2.45, 2.75) is 33.3 Å². The van der Waals surface area contributed by atoms with Crippen molar-refractivity contribution in [1.29, 1.82) is 0 Å². The second-order valence-corrected chi connectivity index (χ2v) is 4.19. The van der Waals surface area contributed by atoms with Crippen LogP contribution in [0.15, 0.2) is 12.4 Å². The summed E-state index contributed by atoms with van der Waals surface area (Å²) >= 11 is 0. The summed E-state index contributed by atoms with van der Waals surface area (Å²) < 4.78 is 0. The lowest BCUT2D eigenvalue weighted by Gasteiger charge is -2.18. The molecule has 0 bridgehead atoms. The van der Waals surface area contributed by atoms with Crippen LogP contribution in [0.5, 0.6) is 0 Å².